The summed E-state index contributed by atoms with van der Waals surface area (Å²) in [5, 5.41) is 6.57. The van der Waals surface area contributed by atoms with Crippen molar-refractivity contribution in [2.24, 2.45) is 11.8 Å². The maximum atomic E-state index is 12.9. The van der Waals surface area contributed by atoms with Crippen LogP contribution in [-0.2, 0) is 27.7 Å². The molecule has 2 amide bonds. The van der Waals surface area contributed by atoms with Gasteiger partial charge in [0, 0.05) is 23.4 Å². The molecule has 3 aliphatic carbocycles. The van der Waals surface area contributed by atoms with E-state index in [9.17, 15) is 18.0 Å². The molecular formula is C18H25N3O4S2. The molecule has 1 aromatic rings. The quantitative estimate of drug-likeness (QED) is 0.634. The molecule has 3 N–H and O–H groups in total. The normalized spacial score (nSPS) is 22.2. The zero-order chi connectivity index (χ0) is 19.2. The molecule has 2 fully saturated rings. The smallest absolute Gasteiger partial charge is 0.254 e. The van der Waals surface area contributed by atoms with Gasteiger partial charge in [0.05, 0.1) is 11.8 Å². The minimum atomic E-state index is -3.30. The molecule has 7 nitrogen and oxygen atoms in total. The van der Waals surface area contributed by atoms with E-state index in [1.807, 2.05) is 0 Å². The lowest BCUT2D eigenvalue weighted by atomic mass is 9.91. The highest BCUT2D eigenvalue weighted by Gasteiger charge is 2.34. The number of carbonyl (C=O) groups excluding carboxylic acids is 2. The Labute approximate surface area is 163 Å². The maximum Gasteiger partial charge on any atom is 0.254 e. The van der Waals surface area contributed by atoms with Gasteiger partial charge in [0.25, 0.3) is 5.91 Å². The highest BCUT2D eigenvalue weighted by molar-refractivity contribution is 7.88. The second-order valence-electron chi connectivity index (χ2n) is 7.95. The topological polar surface area (TPSA) is 104 Å². The van der Waals surface area contributed by atoms with E-state index >= 15 is 0 Å². The molecule has 27 heavy (non-hydrogen) atoms. The van der Waals surface area contributed by atoms with Crippen molar-refractivity contribution in [3.63, 3.8) is 0 Å². The fourth-order valence-electron chi connectivity index (χ4n) is 3.52. The van der Waals surface area contributed by atoms with Crippen LogP contribution in [0.4, 0.5) is 5.00 Å². The van der Waals surface area contributed by atoms with E-state index in [2.05, 4.69) is 15.4 Å². The molecule has 2 saturated carbocycles. The summed E-state index contributed by atoms with van der Waals surface area (Å²) in [6, 6.07) is -0.218. The maximum absolute atomic E-state index is 12.9. The first kappa shape index (κ1) is 18.9. The van der Waals surface area contributed by atoms with Crippen molar-refractivity contribution in [3.8, 4) is 0 Å². The van der Waals surface area contributed by atoms with Gasteiger partial charge in [0.15, 0.2) is 0 Å². The first-order valence-corrected chi connectivity index (χ1v) is 12.2. The van der Waals surface area contributed by atoms with Gasteiger partial charge in [-0.05, 0) is 56.4 Å². The van der Waals surface area contributed by atoms with Gasteiger partial charge < -0.3 is 10.6 Å². The third-order valence-corrected chi connectivity index (χ3v) is 7.27. The highest BCUT2D eigenvalue weighted by Crippen LogP contribution is 2.40. The Balaban J connectivity index is 1.59. The molecule has 0 radical (unpaired) electrons. The summed E-state index contributed by atoms with van der Waals surface area (Å²) in [7, 11) is -3.30. The highest BCUT2D eigenvalue weighted by atomic mass is 32.2. The molecule has 3 aliphatic rings. The minimum absolute atomic E-state index is 0.0179. The zero-order valence-electron chi connectivity index (χ0n) is 15.3. The molecule has 1 aromatic heterocycles. The average Bonchev–Trinajstić information content (AvgIpc) is 3.48. The third-order valence-electron chi connectivity index (χ3n) is 5.30. The third kappa shape index (κ3) is 4.70. The van der Waals surface area contributed by atoms with Crippen LogP contribution in [0.25, 0.3) is 0 Å². The fourth-order valence-corrected chi connectivity index (χ4v) is 5.57. The van der Waals surface area contributed by atoms with Crippen LogP contribution in [0.5, 0.6) is 0 Å². The lowest BCUT2D eigenvalue weighted by Gasteiger charge is -2.23. The van der Waals surface area contributed by atoms with Gasteiger partial charge in [-0.1, -0.05) is 0 Å². The number of carbonyl (C=O) groups is 2. The minimum Gasteiger partial charge on any atom is -0.352 e. The summed E-state index contributed by atoms with van der Waals surface area (Å²) in [6.07, 6.45) is 7.13. The van der Waals surface area contributed by atoms with Gasteiger partial charge in [-0.3, -0.25) is 9.59 Å². The summed E-state index contributed by atoms with van der Waals surface area (Å²) in [5.74, 6) is 0.444. The van der Waals surface area contributed by atoms with Crippen molar-refractivity contribution >= 4 is 38.2 Å². The number of anilines is 1. The van der Waals surface area contributed by atoms with E-state index in [0.29, 0.717) is 42.3 Å². The number of rotatable bonds is 7. The molecule has 4 rings (SSSR count). The SMILES string of the molecule is CS(=O)(=O)NC1CCc2sc(NC(=O)C3CC3)c(C(=O)NCC3CC3)c2C1. The second-order valence-corrected chi connectivity index (χ2v) is 10.8. The Kier molecular flexibility index (Phi) is 5.02. The molecule has 1 heterocycles. The molecule has 1 unspecified atom stereocenters. The summed E-state index contributed by atoms with van der Waals surface area (Å²) >= 11 is 1.46. The van der Waals surface area contributed by atoms with Crippen molar-refractivity contribution in [3.05, 3.63) is 16.0 Å². The van der Waals surface area contributed by atoms with E-state index in [0.717, 1.165) is 42.4 Å². The lowest BCUT2D eigenvalue weighted by molar-refractivity contribution is -0.117. The summed E-state index contributed by atoms with van der Waals surface area (Å²) in [6.45, 7) is 0.657. The van der Waals surface area contributed by atoms with E-state index in [4.69, 9.17) is 0 Å². The summed E-state index contributed by atoms with van der Waals surface area (Å²) < 4.78 is 25.9. The molecular weight excluding hydrogens is 386 g/mol. The Morgan fingerprint density at radius 3 is 2.52 bits per heavy atom. The monoisotopic (exact) mass is 411 g/mol. The van der Waals surface area contributed by atoms with Crippen molar-refractivity contribution in [2.75, 3.05) is 18.1 Å². The van der Waals surface area contributed by atoms with E-state index in [-0.39, 0.29) is 23.8 Å². The number of amides is 2. The molecule has 0 bridgehead atoms. The van der Waals surface area contributed by atoms with Crippen LogP contribution < -0.4 is 15.4 Å². The molecule has 9 heteroatoms. The molecule has 0 spiro atoms. The second kappa shape index (κ2) is 7.18. The van der Waals surface area contributed by atoms with Gasteiger partial charge in [0.2, 0.25) is 15.9 Å². The van der Waals surface area contributed by atoms with Crippen LogP contribution in [0.15, 0.2) is 0 Å². The number of nitrogens with one attached hydrogen (secondary N) is 3. The van der Waals surface area contributed by atoms with Gasteiger partial charge in [0.1, 0.15) is 5.00 Å². The molecule has 0 aliphatic heterocycles. The van der Waals surface area contributed by atoms with Crippen LogP contribution >= 0.6 is 11.3 Å². The predicted octanol–water partition coefficient (Wildman–Crippen LogP) is 1.64. The van der Waals surface area contributed by atoms with E-state index in [1.54, 1.807) is 0 Å². The number of hydrogen-bond donors (Lipinski definition) is 3. The Morgan fingerprint density at radius 2 is 1.89 bits per heavy atom. The standard InChI is InChI=1S/C18H25N3O4S2/c1-27(24,25)21-12-6-7-14-13(8-12)15(17(23)19-9-10-2-3-10)18(26-14)20-16(22)11-4-5-11/h10-12,21H,2-9H2,1H3,(H,19,23)(H,20,22). The largest absolute Gasteiger partial charge is 0.352 e. The van der Waals surface area contributed by atoms with Crippen molar-refractivity contribution in [2.45, 2.75) is 51.0 Å². The van der Waals surface area contributed by atoms with Crippen LogP contribution in [-0.4, -0.2) is 39.1 Å². The number of sulfonamides is 1. The van der Waals surface area contributed by atoms with Crippen LogP contribution in [0.3, 0.4) is 0 Å². The fraction of sp³-hybridized carbons (Fsp3) is 0.667. The van der Waals surface area contributed by atoms with E-state index in [1.165, 1.54) is 11.3 Å². The summed E-state index contributed by atoms with van der Waals surface area (Å²) in [4.78, 5) is 26.2. The predicted molar refractivity (Wildman–Crippen MR) is 105 cm³/mol. The number of fused-ring (bicyclic) bond motifs is 1. The lowest BCUT2D eigenvalue weighted by Crippen LogP contribution is -2.38. The molecule has 0 saturated heterocycles. The van der Waals surface area contributed by atoms with Crippen molar-refractivity contribution in [1.29, 1.82) is 0 Å². The molecule has 1 atom stereocenters. The Bertz CT molecular complexity index is 869. The molecule has 0 aromatic carbocycles. The number of hydrogen-bond acceptors (Lipinski definition) is 5. The van der Waals surface area contributed by atoms with Crippen LogP contribution in [0, 0.1) is 11.8 Å². The average molecular weight is 412 g/mol. The Hall–Kier alpha value is -1.45. The molecule has 148 valence electrons. The van der Waals surface area contributed by atoms with Gasteiger partial charge >= 0.3 is 0 Å². The van der Waals surface area contributed by atoms with Gasteiger partial charge in [-0.15, -0.1) is 11.3 Å². The van der Waals surface area contributed by atoms with Gasteiger partial charge in [-0.25, -0.2) is 13.1 Å². The number of thiophene rings is 1. The Morgan fingerprint density at radius 1 is 1.15 bits per heavy atom. The van der Waals surface area contributed by atoms with Crippen LogP contribution in [0.1, 0.15) is 52.9 Å². The van der Waals surface area contributed by atoms with Crippen molar-refractivity contribution in [1.82, 2.24) is 10.0 Å². The first-order chi connectivity index (χ1) is 12.8. The van der Waals surface area contributed by atoms with E-state index < -0.39 is 10.0 Å². The number of aryl methyl sites for hydroxylation is 1. The first-order valence-electron chi connectivity index (χ1n) is 9.51. The zero-order valence-corrected chi connectivity index (χ0v) is 17.0. The van der Waals surface area contributed by atoms with Crippen LogP contribution in [0.2, 0.25) is 0 Å². The van der Waals surface area contributed by atoms with Gasteiger partial charge in [-0.2, -0.15) is 0 Å². The summed E-state index contributed by atoms with van der Waals surface area (Å²) in [5.41, 5.74) is 1.41. The van der Waals surface area contributed by atoms with Crippen molar-refractivity contribution < 1.29 is 18.0 Å².